The third-order valence-corrected chi connectivity index (χ3v) is 7.20. The predicted octanol–water partition coefficient (Wildman–Crippen LogP) is 6.15. The van der Waals surface area contributed by atoms with E-state index in [1.165, 1.54) is 18.6 Å². The topological polar surface area (TPSA) is 45.6 Å². The van der Waals surface area contributed by atoms with Crippen LogP contribution in [-0.2, 0) is 17.9 Å². The minimum absolute atomic E-state index is 0.0349. The van der Waals surface area contributed by atoms with Crippen molar-refractivity contribution in [3.8, 4) is 0 Å². The first-order chi connectivity index (χ1) is 17.4. The maximum Gasteiger partial charge on any atom is 0.254 e. The molecule has 2 amide bonds. The van der Waals surface area contributed by atoms with Crippen LogP contribution in [0.4, 0.5) is 4.39 Å². The van der Waals surface area contributed by atoms with E-state index in [9.17, 15) is 14.0 Å². The maximum atomic E-state index is 13.7. The van der Waals surface area contributed by atoms with Crippen LogP contribution in [0.15, 0.2) is 66.9 Å². The van der Waals surface area contributed by atoms with Gasteiger partial charge in [0.05, 0.1) is 6.54 Å². The number of nitrogens with zero attached hydrogens (tertiary/aromatic N) is 3. The number of amides is 2. The molecule has 1 fully saturated rings. The summed E-state index contributed by atoms with van der Waals surface area (Å²) in [5, 5.41) is 0.567. The summed E-state index contributed by atoms with van der Waals surface area (Å²) in [6, 6.07) is 17.4. The van der Waals surface area contributed by atoms with E-state index in [2.05, 4.69) is 4.57 Å². The molecule has 7 heteroatoms. The first kappa shape index (κ1) is 26.0. The van der Waals surface area contributed by atoms with Gasteiger partial charge < -0.3 is 14.4 Å². The fourth-order valence-corrected chi connectivity index (χ4v) is 5.00. The molecule has 0 N–H and O–H groups in total. The number of aromatic nitrogens is 1. The molecule has 1 aromatic heterocycles. The number of likely N-dealkylation sites (N-methyl/N-ethyl adjacent to an activating group) is 1. The highest BCUT2D eigenvalue weighted by atomic mass is 35.5. The number of carbonyl (C=O) groups is 2. The van der Waals surface area contributed by atoms with Crippen LogP contribution in [0.2, 0.25) is 5.02 Å². The van der Waals surface area contributed by atoms with E-state index < -0.39 is 0 Å². The lowest BCUT2D eigenvalue weighted by Crippen LogP contribution is -2.47. The highest BCUT2D eigenvalue weighted by Crippen LogP contribution is 2.25. The number of benzene rings is 2. The standard InChI is InChI=1S/C29H33ClFN3O2/c1-2-32(29(36)23-12-14-24(30)15-13-23)21-28(35)34(26-7-4-3-5-8-26)20-27-9-6-18-33(27)19-22-10-16-25(31)17-11-22/h6,9-18,26H,2-5,7-8,19-21H2,1H3. The van der Waals surface area contributed by atoms with Crippen LogP contribution in [0.5, 0.6) is 0 Å². The third kappa shape index (κ3) is 6.55. The van der Waals surface area contributed by atoms with Crippen molar-refractivity contribution in [2.75, 3.05) is 13.1 Å². The van der Waals surface area contributed by atoms with Gasteiger partial charge in [-0.05, 0) is 73.9 Å². The Morgan fingerprint density at radius 3 is 2.36 bits per heavy atom. The number of rotatable bonds is 9. The summed E-state index contributed by atoms with van der Waals surface area (Å²) >= 11 is 5.98. The molecule has 0 atom stereocenters. The molecule has 1 aliphatic rings. The molecular weight excluding hydrogens is 477 g/mol. The van der Waals surface area contributed by atoms with Crippen molar-refractivity contribution in [1.29, 1.82) is 0 Å². The van der Waals surface area contributed by atoms with E-state index in [0.717, 1.165) is 36.9 Å². The maximum absolute atomic E-state index is 13.7. The third-order valence-electron chi connectivity index (χ3n) is 6.94. The second kappa shape index (κ2) is 12.2. The summed E-state index contributed by atoms with van der Waals surface area (Å²) < 4.78 is 15.4. The first-order valence-electron chi connectivity index (χ1n) is 12.7. The lowest BCUT2D eigenvalue weighted by molar-refractivity contribution is -0.135. The molecule has 0 aliphatic heterocycles. The average molecular weight is 510 g/mol. The Hall–Kier alpha value is -3.12. The van der Waals surface area contributed by atoms with Crippen LogP contribution in [0.1, 0.15) is 60.6 Å². The molecule has 3 aromatic rings. The van der Waals surface area contributed by atoms with Crippen molar-refractivity contribution in [1.82, 2.24) is 14.4 Å². The van der Waals surface area contributed by atoms with Crippen LogP contribution < -0.4 is 0 Å². The van der Waals surface area contributed by atoms with Gasteiger partial charge in [0.15, 0.2) is 0 Å². The molecule has 190 valence electrons. The van der Waals surface area contributed by atoms with Crippen molar-refractivity contribution >= 4 is 23.4 Å². The second-order valence-electron chi connectivity index (χ2n) is 9.39. The molecule has 0 saturated heterocycles. The van der Waals surface area contributed by atoms with E-state index in [1.54, 1.807) is 41.3 Å². The minimum Gasteiger partial charge on any atom is -0.345 e. The van der Waals surface area contributed by atoms with Gasteiger partial charge in [0.2, 0.25) is 5.91 Å². The smallest absolute Gasteiger partial charge is 0.254 e. The molecule has 5 nitrogen and oxygen atoms in total. The molecule has 0 bridgehead atoms. The number of hydrogen-bond acceptors (Lipinski definition) is 2. The summed E-state index contributed by atoms with van der Waals surface area (Å²) in [6.45, 7) is 3.44. The van der Waals surface area contributed by atoms with Gasteiger partial charge in [0, 0.05) is 41.6 Å². The summed E-state index contributed by atoms with van der Waals surface area (Å²) in [4.78, 5) is 30.4. The van der Waals surface area contributed by atoms with Crippen LogP contribution in [0.3, 0.4) is 0 Å². The van der Waals surface area contributed by atoms with Crippen LogP contribution in [0, 0.1) is 5.82 Å². The van der Waals surface area contributed by atoms with Gasteiger partial charge in [-0.2, -0.15) is 0 Å². The van der Waals surface area contributed by atoms with Crippen molar-refractivity contribution in [3.63, 3.8) is 0 Å². The van der Waals surface area contributed by atoms with E-state index in [0.29, 0.717) is 30.2 Å². The van der Waals surface area contributed by atoms with Gasteiger partial charge in [-0.3, -0.25) is 9.59 Å². The van der Waals surface area contributed by atoms with Gasteiger partial charge >= 0.3 is 0 Å². The fourth-order valence-electron chi connectivity index (χ4n) is 4.88. The fraction of sp³-hybridized carbons (Fsp3) is 0.379. The average Bonchev–Trinajstić information content (AvgIpc) is 3.34. The van der Waals surface area contributed by atoms with Gasteiger partial charge in [-0.15, -0.1) is 0 Å². The van der Waals surface area contributed by atoms with Crippen molar-refractivity contribution in [3.05, 3.63) is 94.5 Å². The Morgan fingerprint density at radius 2 is 1.69 bits per heavy atom. The Labute approximate surface area is 217 Å². The van der Waals surface area contributed by atoms with Crippen molar-refractivity contribution < 1.29 is 14.0 Å². The SMILES string of the molecule is CCN(CC(=O)N(Cc1cccn1Cc1ccc(F)cc1)C1CCCCC1)C(=O)c1ccc(Cl)cc1. The van der Waals surface area contributed by atoms with E-state index >= 15 is 0 Å². The zero-order valence-corrected chi connectivity index (χ0v) is 21.5. The molecule has 0 radical (unpaired) electrons. The lowest BCUT2D eigenvalue weighted by Gasteiger charge is -2.36. The molecular formula is C29H33ClFN3O2. The van der Waals surface area contributed by atoms with E-state index in [1.807, 2.05) is 30.2 Å². The molecule has 1 saturated carbocycles. The molecule has 4 rings (SSSR count). The Bertz CT molecular complexity index is 1150. The quantitative estimate of drug-likeness (QED) is 0.347. The Morgan fingerprint density at radius 1 is 1.00 bits per heavy atom. The zero-order chi connectivity index (χ0) is 25.5. The van der Waals surface area contributed by atoms with Crippen LogP contribution in [-0.4, -0.2) is 45.3 Å². The highest BCUT2D eigenvalue weighted by Gasteiger charge is 2.28. The Balaban J connectivity index is 1.51. The van der Waals surface area contributed by atoms with Crippen molar-refractivity contribution in [2.45, 2.75) is 58.2 Å². The lowest BCUT2D eigenvalue weighted by atomic mass is 9.94. The minimum atomic E-state index is -0.255. The summed E-state index contributed by atoms with van der Waals surface area (Å²) in [5.41, 5.74) is 2.53. The summed E-state index contributed by atoms with van der Waals surface area (Å²) in [6.07, 6.45) is 7.34. The van der Waals surface area contributed by atoms with Gasteiger partial charge in [-0.1, -0.05) is 43.0 Å². The predicted molar refractivity (Wildman–Crippen MR) is 140 cm³/mol. The van der Waals surface area contributed by atoms with Gasteiger partial charge in [0.25, 0.3) is 5.91 Å². The zero-order valence-electron chi connectivity index (χ0n) is 20.7. The molecule has 1 aliphatic carbocycles. The highest BCUT2D eigenvalue weighted by molar-refractivity contribution is 6.30. The molecule has 0 spiro atoms. The van der Waals surface area contributed by atoms with Crippen LogP contribution in [0.25, 0.3) is 0 Å². The summed E-state index contributed by atoms with van der Waals surface area (Å²) in [5.74, 6) is -0.472. The normalized spacial score (nSPS) is 14.0. The summed E-state index contributed by atoms with van der Waals surface area (Å²) in [7, 11) is 0. The molecule has 0 unspecified atom stereocenters. The monoisotopic (exact) mass is 509 g/mol. The van der Waals surface area contributed by atoms with Crippen LogP contribution >= 0.6 is 11.6 Å². The van der Waals surface area contributed by atoms with E-state index in [-0.39, 0.29) is 30.2 Å². The number of halogens is 2. The second-order valence-corrected chi connectivity index (χ2v) is 9.83. The van der Waals surface area contributed by atoms with Gasteiger partial charge in [0.1, 0.15) is 12.4 Å². The largest absolute Gasteiger partial charge is 0.345 e. The van der Waals surface area contributed by atoms with Gasteiger partial charge in [-0.25, -0.2) is 4.39 Å². The first-order valence-corrected chi connectivity index (χ1v) is 13.0. The Kier molecular flexibility index (Phi) is 8.81. The molecule has 36 heavy (non-hydrogen) atoms. The molecule has 1 heterocycles. The number of carbonyl (C=O) groups excluding carboxylic acids is 2. The van der Waals surface area contributed by atoms with Crippen molar-refractivity contribution in [2.24, 2.45) is 0 Å². The van der Waals surface area contributed by atoms with E-state index in [4.69, 9.17) is 11.6 Å². The molecule has 2 aromatic carbocycles. The number of hydrogen-bond donors (Lipinski definition) is 0.